The van der Waals surface area contributed by atoms with Gasteiger partial charge in [-0.1, -0.05) is 12.1 Å². The van der Waals surface area contributed by atoms with Crippen LogP contribution in [0, 0.1) is 5.92 Å². The second-order valence-corrected chi connectivity index (χ2v) is 6.33. The third kappa shape index (κ3) is 2.60. The fraction of sp³-hybridized carbons (Fsp3) is 0.471. The summed E-state index contributed by atoms with van der Waals surface area (Å²) >= 11 is 0. The van der Waals surface area contributed by atoms with Crippen molar-refractivity contribution in [1.82, 2.24) is 14.0 Å². The molecule has 1 aliphatic rings. The number of carbonyl (C=O) groups excluding carboxylic acids is 1. The van der Waals surface area contributed by atoms with Crippen LogP contribution in [0.4, 0.5) is 0 Å². The SMILES string of the molecule is C[C@@H]1[C@H](C(=O)O)CCCN1C(=O)Cn1c(=O)n(C)c2ccccc21. The third-order valence-corrected chi connectivity index (χ3v) is 4.97. The molecule has 0 unspecified atom stereocenters. The molecule has 0 aliphatic carbocycles. The molecule has 2 aromatic rings. The molecule has 1 N–H and O–H groups in total. The zero-order valence-corrected chi connectivity index (χ0v) is 13.8. The first kappa shape index (κ1) is 16.3. The largest absolute Gasteiger partial charge is 0.481 e. The zero-order valence-electron chi connectivity index (χ0n) is 13.8. The van der Waals surface area contributed by atoms with Gasteiger partial charge in [0.15, 0.2) is 0 Å². The van der Waals surface area contributed by atoms with Gasteiger partial charge >= 0.3 is 11.7 Å². The van der Waals surface area contributed by atoms with Gasteiger partial charge in [0, 0.05) is 19.6 Å². The van der Waals surface area contributed by atoms with Crippen molar-refractivity contribution in [2.75, 3.05) is 6.54 Å². The predicted molar refractivity (Wildman–Crippen MR) is 88.7 cm³/mol. The lowest BCUT2D eigenvalue weighted by Crippen LogP contribution is -2.50. The highest BCUT2D eigenvalue weighted by Crippen LogP contribution is 2.24. The van der Waals surface area contributed by atoms with E-state index in [4.69, 9.17) is 0 Å². The van der Waals surface area contributed by atoms with Gasteiger partial charge in [-0.25, -0.2) is 4.79 Å². The number of likely N-dealkylation sites (tertiary alicyclic amines) is 1. The van der Waals surface area contributed by atoms with Gasteiger partial charge < -0.3 is 10.0 Å². The number of carboxylic acid groups (broad SMARTS) is 1. The van der Waals surface area contributed by atoms with Crippen LogP contribution in [0.5, 0.6) is 0 Å². The minimum absolute atomic E-state index is 0.0726. The molecule has 1 aromatic heterocycles. The molecule has 0 spiro atoms. The molecule has 1 amide bonds. The lowest BCUT2D eigenvalue weighted by atomic mass is 9.90. The summed E-state index contributed by atoms with van der Waals surface area (Å²) in [5.74, 6) is -1.64. The summed E-state index contributed by atoms with van der Waals surface area (Å²) in [7, 11) is 1.68. The maximum absolute atomic E-state index is 12.7. The second-order valence-electron chi connectivity index (χ2n) is 6.33. The summed E-state index contributed by atoms with van der Waals surface area (Å²) in [6.45, 7) is 2.22. The highest BCUT2D eigenvalue weighted by Gasteiger charge is 2.35. The molecule has 1 saturated heterocycles. The summed E-state index contributed by atoms with van der Waals surface area (Å²) in [6, 6.07) is 6.95. The van der Waals surface area contributed by atoms with Crippen molar-refractivity contribution in [3.05, 3.63) is 34.7 Å². The second kappa shape index (κ2) is 6.14. The van der Waals surface area contributed by atoms with Crippen LogP contribution in [0.2, 0.25) is 0 Å². The number of hydrogen-bond acceptors (Lipinski definition) is 3. The molecule has 1 fully saturated rings. The van der Waals surface area contributed by atoms with E-state index in [0.29, 0.717) is 24.9 Å². The van der Waals surface area contributed by atoms with Crippen LogP contribution in [-0.4, -0.2) is 43.6 Å². The van der Waals surface area contributed by atoms with Crippen LogP contribution in [0.3, 0.4) is 0 Å². The molecule has 128 valence electrons. The number of para-hydroxylation sites is 2. The Kier molecular flexibility index (Phi) is 4.17. The average molecular weight is 331 g/mol. The van der Waals surface area contributed by atoms with Gasteiger partial charge in [0.2, 0.25) is 5.91 Å². The van der Waals surface area contributed by atoms with E-state index in [1.165, 1.54) is 9.13 Å². The van der Waals surface area contributed by atoms with E-state index in [1.807, 2.05) is 24.3 Å². The minimum Gasteiger partial charge on any atom is -0.481 e. The van der Waals surface area contributed by atoms with Gasteiger partial charge in [0.25, 0.3) is 0 Å². The van der Waals surface area contributed by atoms with Crippen molar-refractivity contribution >= 4 is 22.9 Å². The molecule has 1 aromatic carbocycles. The van der Waals surface area contributed by atoms with Crippen molar-refractivity contribution in [2.45, 2.75) is 32.4 Å². The Bertz CT molecular complexity index is 851. The Morgan fingerprint density at radius 3 is 2.58 bits per heavy atom. The van der Waals surface area contributed by atoms with Gasteiger partial charge in [-0.05, 0) is 31.9 Å². The Morgan fingerprint density at radius 1 is 1.25 bits per heavy atom. The number of benzene rings is 1. The van der Waals surface area contributed by atoms with Crippen molar-refractivity contribution in [2.24, 2.45) is 13.0 Å². The number of nitrogens with zero attached hydrogens (tertiary/aromatic N) is 3. The number of piperidine rings is 1. The number of fused-ring (bicyclic) bond motifs is 1. The third-order valence-electron chi connectivity index (χ3n) is 4.97. The lowest BCUT2D eigenvalue weighted by Gasteiger charge is -2.37. The number of aromatic nitrogens is 2. The van der Waals surface area contributed by atoms with Gasteiger partial charge in [-0.2, -0.15) is 0 Å². The van der Waals surface area contributed by atoms with Crippen molar-refractivity contribution in [1.29, 1.82) is 0 Å². The predicted octanol–water partition coefficient (Wildman–Crippen LogP) is 1.05. The fourth-order valence-electron chi connectivity index (χ4n) is 3.57. The number of aryl methyl sites for hydroxylation is 1. The Balaban J connectivity index is 1.89. The number of hydrogen-bond donors (Lipinski definition) is 1. The molecular formula is C17H21N3O4. The number of rotatable bonds is 3. The molecule has 24 heavy (non-hydrogen) atoms. The van der Waals surface area contributed by atoms with E-state index in [0.717, 1.165) is 5.52 Å². The van der Waals surface area contributed by atoms with Crippen molar-refractivity contribution in [3.8, 4) is 0 Å². The summed E-state index contributed by atoms with van der Waals surface area (Å²) in [5.41, 5.74) is 1.23. The monoisotopic (exact) mass is 331 g/mol. The maximum Gasteiger partial charge on any atom is 0.329 e. The number of carbonyl (C=O) groups is 2. The molecule has 7 nitrogen and oxygen atoms in total. The fourth-order valence-corrected chi connectivity index (χ4v) is 3.57. The van der Waals surface area contributed by atoms with Crippen LogP contribution in [0.15, 0.2) is 29.1 Å². The minimum atomic E-state index is -0.873. The van der Waals surface area contributed by atoms with Gasteiger partial charge in [-0.15, -0.1) is 0 Å². The molecule has 0 saturated carbocycles. The highest BCUT2D eigenvalue weighted by atomic mass is 16.4. The van der Waals surface area contributed by atoms with Crippen LogP contribution >= 0.6 is 0 Å². The highest BCUT2D eigenvalue weighted by molar-refractivity contribution is 5.82. The first-order valence-corrected chi connectivity index (χ1v) is 8.08. The molecule has 2 atom stereocenters. The Hall–Kier alpha value is -2.57. The molecular weight excluding hydrogens is 310 g/mol. The van der Waals surface area contributed by atoms with Gasteiger partial charge in [0.05, 0.1) is 17.0 Å². The van der Waals surface area contributed by atoms with Crippen LogP contribution < -0.4 is 5.69 Å². The summed E-state index contributed by atoms with van der Waals surface area (Å²) in [6.07, 6.45) is 1.24. The molecule has 3 rings (SSSR count). The Morgan fingerprint density at radius 2 is 1.92 bits per heavy atom. The van der Waals surface area contributed by atoms with Crippen LogP contribution in [0.1, 0.15) is 19.8 Å². The van der Waals surface area contributed by atoms with E-state index in [2.05, 4.69) is 0 Å². The van der Waals surface area contributed by atoms with E-state index in [9.17, 15) is 19.5 Å². The standard InChI is InChI=1S/C17H21N3O4/c1-11-12(16(22)23)6-5-9-19(11)15(21)10-20-14-8-4-3-7-13(14)18(2)17(20)24/h3-4,7-8,11-12H,5-6,9-10H2,1-2H3,(H,22,23)/t11-,12-/m1/s1. The van der Waals surface area contributed by atoms with Crippen molar-refractivity contribution < 1.29 is 14.7 Å². The summed E-state index contributed by atoms with van der Waals surface area (Å²) < 4.78 is 2.97. The first-order valence-electron chi connectivity index (χ1n) is 8.08. The maximum atomic E-state index is 12.7. The van der Waals surface area contributed by atoms with E-state index >= 15 is 0 Å². The van der Waals surface area contributed by atoms with Crippen LogP contribution in [-0.2, 0) is 23.2 Å². The number of amides is 1. The average Bonchev–Trinajstić information content (AvgIpc) is 2.80. The van der Waals surface area contributed by atoms with Crippen LogP contribution in [0.25, 0.3) is 11.0 Å². The number of carboxylic acids is 1. The number of imidazole rings is 1. The smallest absolute Gasteiger partial charge is 0.329 e. The topological polar surface area (TPSA) is 84.5 Å². The van der Waals surface area contributed by atoms with E-state index < -0.39 is 11.9 Å². The molecule has 0 bridgehead atoms. The molecule has 7 heteroatoms. The quantitative estimate of drug-likeness (QED) is 0.911. The summed E-state index contributed by atoms with van der Waals surface area (Å²) in [4.78, 5) is 38.1. The van der Waals surface area contributed by atoms with E-state index in [-0.39, 0.29) is 24.2 Å². The van der Waals surface area contributed by atoms with Crippen molar-refractivity contribution in [3.63, 3.8) is 0 Å². The molecule has 2 heterocycles. The molecule has 0 radical (unpaired) electrons. The van der Waals surface area contributed by atoms with Gasteiger partial charge in [-0.3, -0.25) is 18.7 Å². The zero-order chi connectivity index (χ0) is 17.4. The summed E-state index contributed by atoms with van der Waals surface area (Å²) in [5, 5.41) is 9.29. The first-order chi connectivity index (χ1) is 11.4. The Labute approximate surface area is 139 Å². The normalized spacial score (nSPS) is 21.2. The number of aliphatic carboxylic acids is 1. The van der Waals surface area contributed by atoms with E-state index in [1.54, 1.807) is 18.9 Å². The molecule has 1 aliphatic heterocycles. The lowest BCUT2D eigenvalue weighted by molar-refractivity contribution is -0.149. The van der Waals surface area contributed by atoms with Gasteiger partial charge in [0.1, 0.15) is 6.54 Å².